The molecule has 1 aliphatic heterocycles. The summed E-state index contributed by atoms with van der Waals surface area (Å²) in [5, 5.41) is 1.31. The summed E-state index contributed by atoms with van der Waals surface area (Å²) in [5.41, 5.74) is 0. The topological polar surface area (TPSA) is 70.0 Å². The summed E-state index contributed by atoms with van der Waals surface area (Å²) < 4.78 is 14.5. The summed E-state index contributed by atoms with van der Waals surface area (Å²) >= 11 is 0. The molecular weight excluding hydrogens is 180 g/mol. The number of hydrogen-bond donors (Lipinski definition) is 2. The first-order valence-electron chi connectivity index (χ1n) is 3.08. The van der Waals surface area contributed by atoms with Crippen molar-refractivity contribution in [1.82, 2.24) is 5.06 Å². The first-order valence-corrected chi connectivity index (χ1v) is 4.61. The molecule has 0 amide bonds. The van der Waals surface area contributed by atoms with Gasteiger partial charge < -0.3 is 11.2 Å². The van der Waals surface area contributed by atoms with E-state index >= 15 is 0 Å². The third-order valence-corrected chi connectivity index (χ3v) is 1.73. The molecule has 7 heteroatoms. The van der Waals surface area contributed by atoms with Crippen molar-refractivity contribution in [3.05, 3.63) is 0 Å². The van der Waals surface area contributed by atoms with Gasteiger partial charge in [-0.25, -0.2) is 4.57 Å². The molecule has 0 aromatic rings. The molecular formula is C4H11NNaO4P. The van der Waals surface area contributed by atoms with Crippen LogP contribution in [0.1, 0.15) is 14.3 Å². The van der Waals surface area contributed by atoms with Gasteiger partial charge in [-0.15, -0.1) is 0 Å². The van der Waals surface area contributed by atoms with Crippen molar-refractivity contribution in [3.8, 4) is 0 Å². The van der Waals surface area contributed by atoms with Crippen molar-refractivity contribution in [3.63, 3.8) is 0 Å². The van der Waals surface area contributed by atoms with E-state index in [0.29, 0.717) is 13.1 Å². The fourth-order valence-electron chi connectivity index (χ4n) is 0.920. The average Bonchev–Trinajstić information content (AvgIpc) is 2.12. The minimum absolute atomic E-state index is 0. The van der Waals surface area contributed by atoms with Gasteiger partial charge in [-0.3, -0.25) is 0 Å². The largest absolute Gasteiger partial charge is 1.00 e. The van der Waals surface area contributed by atoms with E-state index < -0.39 is 7.82 Å². The Kier molecular flexibility index (Phi) is 5.42. The van der Waals surface area contributed by atoms with E-state index in [1.165, 1.54) is 5.06 Å². The standard InChI is InChI=1S/C4H10NO4P.Na.H/c6-10(7,8)9-5-3-1-2-4-5;;/h1-4H2,(H2,6,7,8);;/q;+1;-1. The van der Waals surface area contributed by atoms with Gasteiger partial charge in [0.25, 0.3) is 0 Å². The predicted molar refractivity (Wildman–Crippen MR) is 35.0 cm³/mol. The van der Waals surface area contributed by atoms with Crippen LogP contribution in [0.3, 0.4) is 0 Å². The summed E-state index contributed by atoms with van der Waals surface area (Å²) in [7, 11) is -4.29. The molecule has 0 atom stereocenters. The van der Waals surface area contributed by atoms with Crippen LogP contribution < -0.4 is 29.6 Å². The molecule has 0 unspecified atom stereocenters. The summed E-state index contributed by atoms with van der Waals surface area (Å²) in [6.07, 6.45) is 1.89. The second-order valence-electron chi connectivity index (χ2n) is 2.21. The first kappa shape index (κ1) is 12.1. The van der Waals surface area contributed by atoms with Gasteiger partial charge >= 0.3 is 37.4 Å². The minimum atomic E-state index is -4.29. The molecule has 0 radical (unpaired) electrons. The third-order valence-electron chi connectivity index (χ3n) is 1.29. The van der Waals surface area contributed by atoms with Gasteiger partial charge in [0.05, 0.1) is 0 Å². The van der Waals surface area contributed by atoms with Crippen molar-refractivity contribution in [2.45, 2.75) is 12.8 Å². The van der Waals surface area contributed by atoms with Crippen molar-refractivity contribution in [2.24, 2.45) is 0 Å². The van der Waals surface area contributed by atoms with Crippen molar-refractivity contribution in [2.75, 3.05) is 13.1 Å². The summed E-state index contributed by atoms with van der Waals surface area (Å²) in [6, 6.07) is 0. The molecule has 62 valence electrons. The maximum atomic E-state index is 10.2. The molecule has 5 nitrogen and oxygen atoms in total. The van der Waals surface area contributed by atoms with Crippen LogP contribution >= 0.6 is 7.82 Å². The Morgan fingerprint density at radius 3 is 2.18 bits per heavy atom. The van der Waals surface area contributed by atoms with E-state index in [9.17, 15) is 4.57 Å². The Labute approximate surface area is 88.7 Å². The van der Waals surface area contributed by atoms with Gasteiger partial charge in [-0.2, -0.15) is 9.69 Å². The minimum Gasteiger partial charge on any atom is -1.00 e. The zero-order chi connectivity index (χ0) is 7.61. The van der Waals surface area contributed by atoms with Crippen molar-refractivity contribution < 1.29 is 50.0 Å². The Morgan fingerprint density at radius 2 is 1.82 bits per heavy atom. The van der Waals surface area contributed by atoms with E-state index in [4.69, 9.17) is 9.79 Å². The molecule has 1 rings (SSSR count). The van der Waals surface area contributed by atoms with Gasteiger partial charge in [0.15, 0.2) is 0 Å². The van der Waals surface area contributed by atoms with Gasteiger partial charge in [-0.05, 0) is 12.8 Å². The molecule has 0 aliphatic carbocycles. The van der Waals surface area contributed by atoms with Crippen LogP contribution in [0.15, 0.2) is 0 Å². The van der Waals surface area contributed by atoms with E-state index in [0.717, 1.165) is 12.8 Å². The molecule has 1 saturated heterocycles. The molecule has 0 aromatic heterocycles. The second-order valence-corrected chi connectivity index (χ2v) is 3.35. The zero-order valence-corrected chi connectivity index (χ0v) is 9.33. The Bertz CT molecular complexity index is 159. The molecule has 1 fully saturated rings. The van der Waals surface area contributed by atoms with Gasteiger partial charge in [-0.1, -0.05) is 0 Å². The van der Waals surface area contributed by atoms with Crippen molar-refractivity contribution >= 4 is 7.82 Å². The molecule has 1 heterocycles. The van der Waals surface area contributed by atoms with Gasteiger partial charge in [0.1, 0.15) is 0 Å². The number of phosphoric acid groups is 1. The normalized spacial score (nSPS) is 19.8. The van der Waals surface area contributed by atoms with Crippen LogP contribution in [0, 0.1) is 0 Å². The fraction of sp³-hybridized carbons (Fsp3) is 1.00. The van der Waals surface area contributed by atoms with E-state index in [2.05, 4.69) is 4.62 Å². The summed E-state index contributed by atoms with van der Waals surface area (Å²) in [4.78, 5) is 16.7. The van der Waals surface area contributed by atoms with Crippen LogP contribution in [0.4, 0.5) is 0 Å². The number of hydrogen-bond acceptors (Lipinski definition) is 3. The fourth-order valence-corrected chi connectivity index (χ4v) is 1.38. The SMILES string of the molecule is O=P(O)(O)ON1CCCC1.[H-].[Na+]. The molecule has 0 saturated carbocycles. The predicted octanol–water partition coefficient (Wildman–Crippen LogP) is -2.78. The van der Waals surface area contributed by atoms with Crippen LogP contribution in [-0.2, 0) is 9.19 Å². The van der Waals surface area contributed by atoms with E-state index in [1.807, 2.05) is 0 Å². The maximum Gasteiger partial charge on any atom is 1.00 e. The maximum absolute atomic E-state index is 10.2. The van der Waals surface area contributed by atoms with E-state index in [-0.39, 0.29) is 31.0 Å². The summed E-state index contributed by atoms with van der Waals surface area (Å²) in [6.45, 7) is 1.23. The molecule has 0 spiro atoms. The van der Waals surface area contributed by atoms with Gasteiger partial charge in [0.2, 0.25) is 0 Å². The zero-order valence-electron chi connectivity index (χ0n) is 7.43. The molecule has 0 aromatic carbocycles. The third kappa shape index (κ3) is 5.33. The Hall–Kier alpha value is 1.07. The van der Waals surface area contributed by atoms with Crippen LogP contribution in [0.5, 0.6) is 0 Å². The summed E-state index contributed by atoms with van der Waals surface area (Å²) in [5.74, 6) is 0. The van der Waals surface area contributed by atoms with Crippen molar-refractivity contribution in [1.29, 1.82) is 0 Å². The number of rotatable bonds is 2. The monoisotopic (exact) mass is 191 g/mol. The van der Waals surface area contributed by atoms with Gasteiger partial charge in [0, 0.05) is 13.1 Å². The first-order chi connectivity index (χ1) is 4.58. The quantitative estimate of drug-likeness (QED) is 0.365. The second kappa shape index (κ2) is 4.94. The molecule has 2 N–H and O–H groups in total. The van der Waals surface area contributed by atoms with Crippen LogP contribution in [0.25, 0.3) is 0 Å². The average molecular weight is 191 g/mol. The van der Waals surface area contributed by atoms with Crippen LogP contribution in [-0.4, -0.2) is 27.9 Å². The molecule has 0 bridgehead atoms. The smallest absolute Gasteiger partial charge is 1.00 e. The van der Waals surface area contributed by atoms with E-state index in [1.54, 1.807) is 0 Å². The Balaban J connectivity index is 0. The molecule has 11 heavy (non-hydrogen) atoms. The van der Waals surface area contributed by atoms with Crippen LogP contribution in [0.2, 0.25) is 0 Å². The number of hydroxylamine groups is 2. The number of nitrogens with zero attached hydrogens (tertiary/aromatic N) is 1. The Morgan fingerprint density at radius 1 is 1.36 bits per heavy atom. The molecule has 1 aliphatic rings.